The van der Waals surface area contributed by atoms with Crippen molar-refractivity contribution in [3.05, 3.63) is 29.8 Å². The molecule has 1 saturated carbocycles. The number of anilines is 1. The van der Waals surface area contributed by atoms with Gasteiger partial charge in [0.15, 0.2) is 0 Å². The third kappa shape index (κ3) is 3.60. The van der Waals surface area contributed by atoms with E-state index in [0.29, 0.717) is 6.54 Å². The van der Waals surface area contributed by atoms with Gasteiger partial charge in [-0.3, -0.25) is 4.79 Å². The van der Waals surface area contributed by atoms with Crippen molar-refractivity contribution in [2.24, 2.45) is 11.7 Å². The number of hydrogen-bond acceptors (Lipinski definition) is 2. The Bertz CT molecular complexity index is 436. The highest BCUT2D eigenvalue weighted by atomic mass is 16.2. The maximum absolute atomic E-state index is 12.7. The van der Waals surface area contributed by atoms with Gasteiger partial charge in [0.2, 0.25) is 5.91 Å². The molecule has 1 aliphatic rings. The fourth-order valence-corrected chi connectivity index (χ4v) is 3.11. The number of amides is 1. The summed E-state index contributed by atoms with van der Waals surface area (Å²) in [6.07, 6.45) is 8.31. The van der Waals surface area contributed by atoms with Gasteiger partial charge in [-0.1, -0.05) is 50.3 Å². The van der Waals surface area contributed by atoms with Gasteiger partial charge in [0.25, 0.3) is 0 Å². The van der Waals surface area contributed by atoms with Crippen LogP contribution in [0.2, 0.25) is 0 Å². The molecule has 0 aliphatic heterocycles. The van der Waals surface area contributed by atoms with Gasteiger partial charge in [-0.2, -0.15) is 0 Å². The predicted molar refractivity (Wildman–Crippen MR) is 83.6 cm³/mol. The van der Waals surface area contributed by atoms with E-state index in [1.807, 2.05) is 36.2 Å². The second-order valence-corrected chi connectivity index (χ2v) is 5.77. The van der Waals surface area contributed by atoms with Crippen LogP contribution < -0.4 is 10.6 Å². The zero-order valence-corrected chi connectivity index (χ0v) is 12.5. The Balaban J connectivity index is 2.10. The molecule has 0 spiro atoms. The Hall–Kier alpha value is -1.35. The van der Waals surface area contributed by atoms with Gasteiger partial charge < -0.3 is 10.6 Å². The molecule has 110 valence electrons. The Labute approximate surface area is 122 Å². The summed E-state index contributed by atoms with van der Waals surface area (Å²) in [4.78, 5) is 14.5. The second kappa shape index (κ2) is 7.44. The molecule has 1 fully saturated rings. The molecule has 0 aromatic heterocycles. The number of nitrogens with two attached hydrogens (primary N) is 1. The zero-order chi connectivity index (χ0) is 14.4. The molecule has 0 saturated heterocycles. The van der Waals surface area contributed by atoms with Crippen LogP contribution in [0.4, 0.5) is 5.69 Å². The normalized spacial score (nSPS) is 17.3. The number of nitrogens with zero attached hydrogens (tertiary/aromatic N) is 1. The molecule has 1 aliphatic carbocycles. The molecule has 2 rings (SSSR count). The van der Waals surface area contributed by atoms with Crippen LogP contribution in [0.1, 0.15) is 50.5 Å². The van der Waals surface area contributed by atoms with Crippen molar-refractivity contribution >= 4 is 11.6 Å². The molecule has 0 atom stereocenters. The molecule has 1 amide bonds. The molecule has 1 aromatic rings. The summed E-state index contributed by atoms with van der Waals surface area (Å²) in [5.41, 5.74) is 7.77. The van der Waals surface area contributed by atoms with Crippen molar-refractivity contribution < 1.29 is 4.79 Å². The number of carbonyl (C=O) groups is 1. The summed E-state index contributed by atoms with van der Waals surface area (Å²) in [5.74, 6) is 0.443. The van der Waals surface area contributed by atoms with Crippen molar-refractivity contribution in [3.63, 3.8) is 0 Å². The van der Waals surface area contributed by atoms with E-state index < -0.39 is 0 Å². The highest BCUT2D eigenvalue weighted by Gasteiger charge is 2.24. The number of benzene rings is 1. The first kappa shape index (κ1) is 15.0. The third-order valence-corrected chi connectivity index (χ3v) is 4.36. The lowest BCUT2D eigenvalue weighted by molar-refractivity contribution is -0.122. The van der Waals surface area contributed by atoms with E-state index in [1.165, 1.54) is 32.1 Å². The quantitative estimate of drug-likeness (QED) is 0.917. The van der Waals surface area contributed by atoms with Gasteiger partial charge in [-0.05, 0) is 24.5 Å². The van der Waals surface area contributed by atoms with Gasteiger partial charge >= 0.3 is 0 Å². The molecule has 0 bridgehead atoms. The monoisotopic (exact) mass is 274 g/mol. The van der Waals surface area contributed by atoms with Gasteiger partial charge in [0.1, 0.15) is 0 Å². The summed E-state index contributed by atoms with van der Waals surface area (Å²) >= 11 is 0. The molecule has 0 heterocycles. The molecule has 20 heavy (non-hydrogen) atoms. The van der Waals surface area contributed by atoms with Gasteiger partial charge in [-0.25, -0.2) is 0 Å². The van der Waals surface area contributed by atoms with E-state index in [0.717, 1.165) is 24.1 Å². The third-order valence-electron chi connectivity index (χ3n) is 4.36. The Morgan fingerprint density at radius 1 is 1.15 bits per heavy atom. The van der Waals surface area contributed by atoms with Crippen LogP contribution in [0, 0.1) is 5.92 Å². The maximum Gasteiger partial charge on any atom is 0.229 e. The second-order valence-electron chi connectivity index (χ2n) is 5.77. The van der Waals surface area contributed by atoms with E-state index in [9.17, 15) is 4.79 Å². The summed E-state index contributed by atoms with van der Waals surface area (Å²) in [6, 6.07) is 7.93. The van der Waals surface area contributed by atoms with E-state index in [1.54, 1.807) is 0 Å². The Kier molecular flexibility index (Phi) is 5.60. The van der Waals surface area contributed by atoms with Crippen LogP contribution in [-0.2, 0) is 11.3 Å². The average molecular weight is 274 g/mol. The van der Waals surface area contributed by atoms with E-state index >= 15 is 0 Å². The lowest BCUT2D eigenvalue weighted by Crippen LogP contribution is -2.34. The summed E-state index contributed by atoms with van der Waals surface area (Å²) in [5, 5.41) is 0. The SMILES string of the molecule is CN(C(=O)C1CCCCCCC1)c1ccccc1CN. The first-order chi connectivity index (χ1) is 9.74. The largest absolute Gasteiger partial charge is 0.326 e. The Morgan fingerprint density at radius 3 is 2.40 bits per heavy atom. The van der Waals surface area contributed by atoms with Crippen LogP contribution >= 0.6 is 0 Å². The topological polar surface area (TPSA) is 46.3 Å². The standard InChI is InChI=1S/C17H26N2O/c1-19(16-12-8-7-11-15(16)13-18)17(20)14-9-5-3-2-4-6-10-14/h7-8,11-12,14H,2-6,9-10,13,18H2,1H3. The minimum absolute atomic E-state index is 0.186. The van der Waals surface area contributed by atoms with Crippen molar-refractivity contribution in [2.75, 3.05) is 11.9 Å². The number of rotatable bonds is 3. The van der Waals surface area contributed by atoms with Crippen LogP contribution in [0.5, 0.6) is 0 Å². The molecular weight excluding hydrogens is 248 g/mol. The van der Waals surface area contributed by atoms with Gasteiger partial charge in [-0.15, -0.1) is 0 Å². The Morgan fingerprint density at radius 2 is 1.75 bits per heavy atom. The van der Waals surface area contributed by atoms with E-state index in [-0.39, 0.29) is 11.8 Å². The molecule has 3 heteroatoms. The van der Waals surface area contributed by atoms with Gasteiger partial charge in [0, 0.05) is 25.2 Å². The fourth-order valence-electron chi connectivity index (χ4n) is 3.11. The van der Waals surface area contributed by atoms with Crippen molar-refractivity contribution in [3.8, 4) is 0 Å². The number of para-hydroxylation sites is 1. The van der Waals surface area contributed by atoms with Crippen LogP contribution in [0.15, 0.2) is 24.3 Å². The van der Waals surface area contributed by atoms with Gasteiger partial charge in [0.05, 0.1) is 0 Å². The van der Waals surface area contributed by atoms with E-state index in [4.69, 9.17) is 5.73 Å². The van der Waals surface area contributed by atoms with Crippen LogP contribution in [0.3, 0.4) is 0 Å². The van der Waals surface area contributed by atoms with Crippen molar-refractivity contribution in [1.29, 1.82) is 0 Å². The highest BCUT2D eigenvalue weighted by Crippen LogP contribution is 2.27. The van der Waals surface area contributed by atoms with Crippen molar-refractivity contribution in [1.82, 2.24) is 0 Å². The van der Waals surface area contributed by atoms with E-state index in [2.05, 4.69) is 0 Å². The lowest BCUT2D eigenvalue weighted by Gasteiger charge is -2.26. The maximum atomic E-state index is 12.7. The first-order valence-corrected chi connectivity index (χ1v) is 7.79. The van der Waals surface area contributed by atoms with Crippen LogP contribution in [-0.4, -0.2) is 13.0 Å². The first-order valence-electron chi connectivity index (χ1n) is 7.79. The highest BCUT2D eigenvalue weighted by molar-refractivity contribution is 5.95. The minimum atomic E-state index is 0.186. The lowest BCUT2D eigenvalue weighted by atomic mass is 9.90. The molecule has 3 nitrogen and oxygen atoms in total. The minimum Gasteiger partial charge on any atom is -0.326 e. The predicted octanol–water partition coefficient (Wildman–Crippen LogP) is 3.47. The fraction of sp³-hybridized carbons (Fsp3) is 0.588. The van der Waals surface area contributed by atoms with Crippen molar-refractivity contribution in [2.45, 2.75) is 51.5 Å². The summed E-state index contributed by atoms with van der Waals surface area (Å²) in [7, 11) is 1.88. The van der Waals surface area contributed by atoms with Crippen LogP contribution in [0.25, 0.3) is 0 Å². The molecular formula is C17H26N2O. The smallest absolute Gasteiger partial charge is 0.229 e. The zero-order valence-electron chi connectivity index (χ0n) is 12.5. The molecule has 0 unspecified atom stereocenters. The molecule has 1 aromatic carbocycles. The molecule has 2 N–H and O–H groups in total. The average Bonchev–Trinajstić information content (AvgIpc) is 2.45. The summed E-state index contributed by atoms with van der Waals surface area (Å²) < 4.78 is 0. The summed E-state index contributed by atoms with van der Waals surface area (Å²) in [6.45, 7) is 0.471. The molecule has 0 radical (unpaired) electrons. The number of hydrogen-bond donors (Lipinski definition) is 1. The number of carbonyl (C=O) groups excluding carboxylic acids is 1.